The fourth-order valence-corrected chi connectivity index (χ4v) is 2.30. The van der Waals surface area contributed by atoms with Gasteiger partial charge in [-0.15, -0.1) is 0 Å². The Hall–Kier alpha value is -0.0900. The highest BCUT2D eigenvalue weighted by molar-refractivity contribution is 7.86. The van der Waals surface area contributed by atoms with Crippen LogP contribution in [0.1, 0.15) is 34.1 Å². The first-order chi connectivity index (χ1) is 5.37. The van der Waals surface area contributed by atoms with Crippen molar-refractivity contribution < 1.29 is 12.6 Å². The van der Waals surface area contributed by atoms with Crippen molar-refractivity contribution in [3.8, 4) is 0 Å². The van der Waals surface area contributed by atoms with Gasteiger partial charge < -0.3 is 0 Å². The molecule has 0 aromatic carbocycles. The lowest BCUT2D eigenvalue weighted by Crippen LogP contribution is -2.20. The maximum absolute atomic E-state index is 11.2. The minimum absolute atomic E-state index is 0.108. The topological polar surface area (TPSA) is 43.4 Å². The van der Waals surface area contributed by atoms with Crippen LogP contribution < -0.4 is 0 Å². The summed E-state index contributed by atoms with van der Waals surface area (Å²) in [4.78, 5) is 0. The molecule has 0 spiro atoms. The normalized spacial score (nSPS) is 15.1. The van der Waals surface area contributed by atoms with Gasteiger partial charge in [-0.1, -0.05) is 20.8 Å². The summed E-state index contributed by atoms with van der Waals surface area (Å²) in [6.45, 7) is 7.38. The van der Waals surface area contributed by atoms with Crippen molar-refractivity contribution in [2.75, 3.05) is 5.75 Å². The molecule has 0 heterocycles. The highest BCUT2D eigenvalue weighted by atomic mass is 32.2. The van der Waals surface area contributed by atoms with Crippen LogP contribution in [0, 0.1) is 5.92 Å². The molecule has 0 amide bonds. The predicted molar refractivity (Wildman–Crippen MR) is 49.5 cm³/mol. The van der Waals surface area contributed by atoms with Crippen LogP contribution in [0.15, 0.2) is 0 Å². The Morgan fingerprint density at radius 3 is 2.08 bits per heavy atom. The minimum Gasteiger partial charge on any atom is -0.267 e. The Morgan fingerprint density at radius 1 is 1.25 bits per heavy atom. The van der Waals surface area contributed by atoms with Crippen molar-refractivity contribution in [2.24, 2.45) is 5.92 Å². The van der Waals surface area contributed by atoms with Crippen molar-refractivity contribution in [3.63, 3.8) is 0 Å². The van der Waals surface area contributed by atoms with E-state index in [4.69, 9.17) is 4.18 Å². The summed E-state index contributed by atoms with van der Waals surface area (Å²) in [6.07, 6.45) is 0.519. The molecule has 1 unspecified atom stereocenters. The Kier molecular flexibility index (Phi) is 4.78. The van der Waals surface area contributed by atoms with Gasteiger partial charge in [0.15, 0.2) is 0 Å². The van der Waals surface area contributed by atoms with Gasteiger partial charge in [0.2, 0.25) is 0 Å². The molecule has 12 heavy (non-hydrogen) atoms. The van der Waals surface area contributed by atoms with Gasteiger partial charge in [0.1, 0.15) is 0 Å². The molecule has 1 atom stereocenters. The molecule has 4 heteroatoms. The summed E-state index contributed by atoms with van der Waals surface area (Å²) in [6, 6.07) is 0. The first-order valence-corrected chi connectivity index (χ1v) is 5.86. The van der Waals surface area contributed by atoms with Crippen LogP contribution in [0.4, 0.5) is 0 Å². The second-order valence-corrected chi connectivity index (χ2v) is 5.07. The quantitative estimate of drug-likeness (QED) is 0.627. The third-order valence-electron chi connectivity index (χ3n) is 1.42. The summed E-state index contributed by atoms with van der Waals surface area (Å²) in [7, 11) is -3.29. The van der Waals surface area contributed by atoms with Gasteiger partial charge in [-0.25, -0.2) is 0 Å². The summed E-state index contributed by atoms with van der Waals surface area (Å²) in [5.41, 5.74) is 0. The zero-order valence-corrected chi connectivity index (χ0v) is 9.02. The summed E-state index contributed by atoms with van der Waals surface area (Å²) < 4.78 is 27.2. The molecule has 0 aromatic rings. The van der Waals surface area contributed by atoms with Gasteiger partial charge >= 0.3 is 0 Å². The van der Waals surface area contributed by atoms with Crippen molar-refractivity contribution in [2.45, 2.75) is 40.2 Å². The predicted octanol–water partition coefficient (Wildman–Crippen LogP) is 1.79. The SMILES string of the molecule is CCC(C)OS(=O)(=O)CC(C)C. The molecule has 0 saturated heterocycles. The van der Waals surface area contributed by atoms with E-state index in [1.807, 2.05) is 20.8 Å². The molecule has 0 bridgehead atoms. The van der Waals surface area contributed by atoms with E-state index in [9.17, 15) is 8.42 Å². The number of hydrogen-bond acceptors (Lipinski definition) is 3. The van der Waals surface area contributed by atoms with Gasteiger partial charge in [0.05, 0.1) is 11.9 Å². The fraction of sp³-hybridized carbons (Fsp3) is 1.00. The van der Waals surface area contributed by atoms with Crippen LogP contribution in [0.25, 0.3) is 0 Å². The molecular formula is C8H18O3S. The van der Waals surface area contributed by atoms with E-state index < -0.39 is 10.1 Å². The van der Waals surface area contributed by atoms with Gasteiger partial charge in [0, 0.05) is 0 Å². The number of hydrogen-bond donors (Lipinski definition) is 0. The Labute approximate surface area is 75.2 Å². The molecule has 0 rings (SSSR count). The third-order valence-corrected chi connectivity index (χ3v) is 3.12. The minimum atomic E-state index is -3.29. The van der Waals surface area contributed by atoms with Gasteiger partial charge in [-0.3, -0.25) is 4.18 Å². The van der Waals surface area contributed by atoms with Crippen molar-refractivity contribution in [1.82, 2.24) is 0 Å². The second-order valence-electron chi connectivity index (χ2n) is 3.43. The van der Waals surface area contributed by atoms with E-state index in [-0.39, 0.29) is 17.8 Å². The van der Waals surface area contributed by atoms with E-state index in [0.29, 0.717) is 0 Å². The Balaban J connectivity index is 4.05. The Morgan fingerprint density at radius 2 is 1.75 bits per heavy atom. The zero-order chi connectivity index (χ0) is 9.78. The highest BCUT2D eigenvalue weighted by Crippen LogP contribution is 2.07. The molecule has 3 nitrogen and oxygen atoms in total. The molecule has 0 saturated carbocycles. The fourth-order valence-electron chi connectivity index (χ4n) is 0.766. The summed E-state index contributed by atoms with van der Waals surface area (Å²) in [5.74, 6) is 0.233. The molecule has 0 N–H and O–H groups in total. The molecular weight excluding hydrogens is 176 g/mol. The summed E-state index contributed by atoms with van der Waals surface area (Å²) in [5, 5.41) is 0. The van der Waals surface area contributed by atoms with Crippen LogP contribution in [0.5, 0.6) is 0 Å². The van der Waals surface area contributed by atoms with Crippen molar-refractivity contribution in [3.05, 3.63) is 0 Å². The maximum Gasteiger partial charge on any atom is 0.267 e. The Bertz CT molecular complexity index is 206. The average molecular weight is 194 g/mol. The van der Waals surface area contributed by atoms with Crippen LogP contribution in [-0.2, 0) is 14.3 Å². The van der Waals surface area contributed by atoms with E-state index >= 15 is 0 Å². The van der Waals surface area contributed by atoms with Crippen LogP contribution in [0.2, 0.25) is 0 Å². The molecule has 0 radical (unpaired) electrons. The lowest BCUT2D eigenvalue weighted by atomic mass is 10.3. The van der Waals surface area contributed by atoms with E-state index in [2.05, 4.69) is 0 Å². The van der Waals surface area contributed by atoms with Crippen LogP contribution in [0.3, 0.4) is 0 Å². The van der Waals surface area contributed by atoms with Gasteiger partial charge in [-0.2, -0.15) is 8.42 Å². The summed E-state index contributed by atoms with van der Waals surface area (Å²) >= 11 is 0. The molecule has 0 aliphatic heterocycles. The highest BCUT2D eigenvalue weighted by Gasteiger charge is 2.16. The van der Waals surface area contributed by atoms with Crippen LogP contribution >= 0.6 is 0 Å². The zero-order valence-electron chi connectivity index (χ0n) is 8.20. The van der Waals surface area contributed by atoms with Gasteiger partial charge in [0.25, 0.3) is 10.1 Å². The standard InChI is InChI=1S/C8H18O3S/c1-5-8(4)11-12(9,10)6-7(2)3/h7-8H,5-6H2,1-4H3. The lowest BCUT2D eigenvalue weighted by molar-refractivity contribution is 0.223. The first-order valence-electron chi connectivity index (χ1n) is 4.28. The van der Waals surface area contributed by atoms with E-state index in [1.165, 1.54) is 0 Å². The van der Waals surface area contributed by atoms with Crippen molar-refractivity contribution in [1.29, 1.82) is 0 Å². The van der Waals surface area contributed by atoms with Crippen LogP contribution in [-0.4, -0.2) is 20.3 Å². The maximum atomic E-state index is 11.2. The monoisotopic (exact) mass is 194 g/mol. The third kappa shape index (κ3) is 5.55. The molecule has 0 aliphatic rings. The van der Waals surface area contributed by atoms with Crippen molar-refractivity contribution >= 4 is 10.1 Å². The molecule has 0 aliphatic carbocycles. The first kappa shape index (κ1) is 11.9. The number of rotatable bonds is 5. The average Bonchev–Trinajstić information content (AvgIpc) is 1.83. The lowest BCUT2D eigenvalue weighted by Gasteiger charge is -2.11. The molecule has 0 fully saturated rings. The largest absolute Gasteiger partial charge is 0.267 e. The smallest absolute Gasteiger partial charge is 0.267 e. The second kappa shape index (κ2) is 4.82. The molecule has 74 valence electrons. The van der Waals surface area contributed by atoms with E-state index in [0.717, 1.165) is 6.42 Å². The van der Waals surface area contributed by atoms with Gasteiger partial charge in [-0.05, 0) is 19.3 Å². The molecule has 0 aromatic heterocycles. The van der Waals surface area contributed by atoms with E-state index in [1.54, 1.807) is 6.92 Å².